The van der Waals surface area contributed by atoms with Gasteiger partial charge in [-0.3, -0.25) is 4.90 Å². The van der Waals surface area contributed by atoms with Crippen molar-refractivity contribution in [2.24, 2.45) is 0 Å². The number of rotatable bonds is 3. The molecule has 110 valence electrons. The summed E-state index contributed by atoms with van der Waals surface area (Å²) in [5.41, 5.74) is 0. The number of furan rings is 1. The van der Waals surface area contributed by atoms with Crippen LogP contribution in [-0.2, 0) is 6.54 Å². The summed E-state index contributed by atoms with van der Waals surface area (Å²) in [6, 6.07) is 4.55. The third-order valence-corrected chi connectivity index (χ3v) is 4.33. The molecule has 0 amide bonds. The zero-order valence-corrected chi connectivity index (χ0v) is 13.4. The van der Waals surface area contributed by atoms with Crippen molar-refractivity contribution in [1.82, 2.24) is 15.2 Å². The lowest BCUT2D eigenvalue weighted by molar-refractivity contribution is 0.201. The highest BCUT2D eigenvalue weighted by Crippen LogP contribution is 2.27. The van der Waals surface area contributed by atoms with E-state index in [0.29, 0.717) is 6.04 Å². The van der Waals surface area contributed by atoms with Crippen LogP contribution < -0.4 is 5.32 Å². The zero-order chi connectivity index (χ0) is 13.2. The minimum Gasteiger partial charge on any atom is -0.459 e. The average molecular weight is 314 g/mol. The van der Waals surface area contributed by atoms with Crippen LogP contribution in [0.25, 0.3) is 10.8 Å². The largest absolute Gasteiger partial charge is 0.459 e. The molecule has 2 aromatic rings. The molecule has 1 aliphatic heterocycles. The average Bonchev–Trinajstić information content (AvgIpc) is 2.98. The van der Waals surface area contributed by atoms with Crippen molar-refractivity contribution in [3.8, 4) is 10.8 Å². The number of aromatic nitrogens is 1. The minimum absolute atomic E-state index is 0. The fourth-order valence-corrected chi connectivity index (χ4v) is 3.34. The Labute approximate surface area is 129 Å². The van der Waals surface area contributed by atoms with Crippen LogP contribution in [0.4, 0.5) is 0 Å². The number of hydrogen-bond donors (Lipinski definition) is 1. The van der Waals surface area contributed by atoms with Crippen LogP contribution in [0, 0.1) is 6.92 Å². The first-order valence-electron chi connectivity index (χ1n) is 6.68. The molecule has 0 spiro atoms. The van der Waals surface area contributed by atoms with Crippen molar-refractivity contribution < 1.29 is 4.42 Å². The summed E-state index contributed by atoms with van der Waals surface area (Å²) >= 11 is 1.73. The molecular weight excluding hydrogens is 294 g/mol. The standard InChI is InChI=1S/C14H19N3OS.ClH/c1-10-8-17(6-5-15-10)9-12-7-16-14(19-12)13-4-3-11(2)18-13;/h3-4,7,10,15H,5-6,8-9H2,1-2H3;1H. The molecule has 1 unspecified atom stereocenters. The van der Waals surface area contributed by atoms with Gasteiger partial charge in [-0.1, -0.05) is 0 Å². The lowest BCUT2D eigenvalue weighted by atomic mass is 10.2. The Bertz CT molecular complexity index is 554. The molecule has 2 aromatic heterocycles. The van der Waals surface area contributed by atoms with Gasteiger partial charge in [0.25, 0.3) is 0 Å². The van der Waals surface area contributed by atoms with Gasteiger partial charge < -0.3 is 9.73 Å². The van der Waals surface area contributed by atoms with E-state index in [0.717, 1.165) is 42.7 Å². The van der Waals surface area contributed by atoms with Gasteiger partial charge in [-0.05, 0) is 26.0 Å². The smallest absolute Gasteiger partial charge is 0.162 e. The van der Waals surface area contributed by atoms with E-state index in [9.17, 15) is 0 Å². The molecule has 0 bridgehead atoms. The second kappa shape index (κ2) is 6.72. The molecular formula is C14H20ClN3OS. The van der Waals surface area contributed by atoms with Crippen molar-refractivity contribution in [3.05, 3.63) is 29.0 Å². The molecule has 20 heavy (non-hydrogen) atoms. The molecule has 0 saturated carbocycles. The third-order valence-electron chi connectivity index (χ3n) is 3.34. The fourth-order valence-electron chi connectivity index (χ4n) is 2.42. The van der Waals surface area contributed by atoms with Crippen molar-refractivity contribution in [3.63, 3.8) is 0 Å². The first-order chi connectivity index (χ1) is 9.20. The first kappa shape index (κ1) is 15.5. The Morgan fingerprint density at radius 1 is 1.50 bits per heavy atom. The maximum atomic E-state index is 5.61. The topological polar surface area (TPSA) is 41.3 Å². The molecule has 6 heteroatoms. The van der Waals surface area contributed by atoms with Crippen LogP contribution in [0.2, 0.25) is 0 Å². The van der Waals surface area contributed by atoms with Gasteiger partial charge in [-0.15, -0.1) is 23.7 Å². The second-order valence-electron chi connectivity index (χ2n) is 5.13. The van der Waals surface area contributed by atoms with Crippen LogP contribution in [0.15, 0.2) is 22.7 Å². The van der Waals surface area contributed by atoms with E-state index in [1.165, 1.54) is 4.88 Å². The van der Waals surface area contributed by atoms with E-state index in [1.54, 1.807) is 11.3 Å². The van der Waals surface area contributed by atoms with E-state index in [2.05, 4.69) is 22.1 Å². The van der Waals surface area contributed by atoms with Gasteiger partial charge in [-0.25, -0.2) is 4.98 Å². The molecule has 3 heterocycles. The summed E-state index contributed by atoms with van der Waals surface area (Å²) in [6.07, 6.45) is 1.98. The van der Waals surface area contributed by atoms with Crippen LogP contribution in [0.5, 0.6) is 0 Å². The van der Waals surface area contributed by atoms with E-state index in [1.807, 2.05) is 25.3 Å². The Morgan fingerprint density at radius 2 is 2.35 bits per heavy atom. The maximum Gasteiger partial charge on any atom is 0.162 e. The Hall–Kier alpha value is -0.880. The lowest BCUT2D eigenvalue weighted by Crippen LogP contribution is -2.48. The Morgan fingerprint density at radius 3 is 3.05 bits per heavy atom. The summed E-state index contributed by atoms with van der Waals surface area (Å²) in [6.45, 7) is 8.47. The number of aryl methyl sites for hydroxylation is 1. The molecule has 4 nitrogen and oxygen atoms in total. The van der Waals surface area contributed by atoms with Crippen LogP contribution in [0.1, 0.15) is 17.6 Å². The van der Waals surface area contributed by atoms with E-state index < -0.39 is 0 Å². The van der Waals surface area contributed by atoms with Crippen molar-refractivity contribution in [2.75, 3.05) is 19.6 Å². The number of thiazole rings is 1. The molecule has 0 aromatic carbocycles. The molecule has 0 aliphatic carbocycles. The quantitative estimate of drug-likeness (QED) is 0.946. The zero-order valence-electron chi connectivity index (χ0n) is 11.8. The van der Waals surface area contributed by atoms with Crippen molar-refractivity contribution in [2.45, 2.75) is 26.4 Å². The summed E-state index contributed by atoms with van der Waals surface area (Å²) in [5.74, 6) is 1.81. The van der Waals surface area contributed by atoms with Crippen molar-refractivity contribution >= 4 is 23.7 Å². The first-order valence-corrected chi connectivity index (χ1v) is 7.49. The molecule has 1 fully saturated rings. The van der Waals surface area contributed by atoms with Crippen LogP contribution in [-0.4, -0.2) is 35.6 Å². The van der Waals surface area contributed by atoms with E-state index >= 15 is 0 Å². The highest BCUT2D eigenvalue weighted by Gasteiger charge is 2.17. The number of hydrogen-bond acceptors (Lipinski definition) is 5. The SMILES string of the molecule is Cc1ccc(-c2ncc(CN3CCNC(C)C3)s2)o1.Cl. The highest BCUT2D eigenvalue weighted by atomic mass is 35.5. The predicted molar refractivity (Wildman–Crippen MR) is 84.5 cm³/mol. The Kier molecular flexibility index (Phi) is 5.21. The number of nitrogens with zero attached hydrogens (tertiary/aromatic N) is 2. The molecule has 1 aliphatic rings. The predicted octanol–water partition coefficient (Wildman–Crippen LogP) is 2.93. The molecule has 1 atom stereocenters. The molecule has 1 N–H and O–H groups in total. The van der Waals surface area contributed by atoms with Gasteiger partial charge in [0.2, 0.25) is 0 Å². The van der Waals surface area contributed by atoms with Gasteiger partial charge in [0.1, 0.15) is 5.76 Å². The lowest BCUT2D eigenvalue weighted by Gasteiger charge is -2.31. The molecule has 1 saturated heterocycles. The maximum absolute atomic E-state index is 5.61. The summed E-state index contributed by atoms with van der Waals surface area (Å²) < 4.78 is 5.61. The second-order valence-corrected chi connectivity index (χ2v) is 6.25. The monoisotopic (exact) mass is 313 g/mol. The normalized spacial score (nSPS) is 19.8. The molecule has 3 rings (SSSR count). The van der Waals surface area contributed by atoms with Gasteiger partial charge in [0.15, 0.2) is 10.8 Å². The summed E-state index contributed by atoms with van der Waals surface area (Å²) in [7, 11) is 0. The third kappa shape index (κ3) is 3.61. The number of piperazine rings is 1. The van der Waals surface area contributed by atoms with E-state index in [4.69, 9.17) is 4.42 Å². The van der Waals surface area contributed by atoms with Gasteiger partial charge in [0, 0.05) is 43.3 Å². The van der Waals surface area contributed by atoms with Crippen LogP contribution in [0.3, 0.4) is 0 Å². The number of nitrogens with one attached hydrogen (secondary N) is 1. The number of halogens is 1. The van der Waals surface area contributed by atoms with Gasteiger partial charge >= 0.3 is 0 Å². The van der Waals surface area contributed by atoms with Gasteiger partial charge in [0.05, 0.1) is 0 Å². The minimum atomic E-state index is 0. The van der Waals surface area contributed by atoms with Crippen LogP contribution >= 0.6 is 23.7 Å². The highest BCUT2D eigenvalue weighted by molar-refractivity contribution is 7.14. The van der Waals surface area contributed by atoms with E-state index in [-0.39, 0.29) is 12.4 Å². The summed E-state index contributed by atoms with van der Waals surface area (Å²) in [4.78, 5) is 8.25. The fraction of sp³-hybridized carbons (Fsp3) is 0.500. The van der Waals surface area contributed by atoms with Crippen molar-refractivity contribution in [1.29, 1.82) is 0 Å². The Balaban J connectivity index is 0.00000147. The molecule has 0 radical (unpaired) electrons. The summed E-state index contributed by atoms with van der Waals surface area (Å²) in [5, 5.41) is 4.44. The van der Waals surface area contributed by atoms with Gasteiger partial charge in [-0.2, -0.15) is 0 Å².